The topological polar surface area (TPSA) is 15.3 Å². The Labute approximate surface area is 117 Å². The number of hydrogen-bond acceptors (Lipinski definition) is 2. The van der Waals surface area contributed by atoms with Gasteiger partial charge in [0.1, 0.15) is 0 Å². The molecule has 104 valence electrons. The zero-order valence-corrected chi connectivity index (χ0v) is 12.3. The van der Waals surface area contributed by atoms with Crippen LogP contribution in [0.4, 0.5) is 0 Å². The van der Waals surface area contributed by atoms with Crippen LogP contribution in [0.1, 0.15) is 42.4 Å². The quantitative estimate of drug-likeness (QED) is 0.896. The average Bonchev–Trinajstić information content (AvgIpc) is 3.04. The standard InChI is InChI=1S/C17H26N2/c1-13-6-3-7-14(2)15(13)12-19-11-5-9-17(19)16-8-4-10-18-16/h3,6-7,16-18H,4-5,8-12H2,1-2H3. The molecule has 0 saturated carbocycles. The van der Waals surface area contributed by atoms with Crippen LogP contribution in [0.25, 0.3) is 0 Å². The zero-order valence-electron chi connectivity index (χ0n) is 12.3. The fourth-order valence-electron chi connectivity index (χ4n) is 3.85. The van der Waals surface area contributed by atoms with E-state index in [2.05, 4.69) is 42.3 Å². The Morgan fingerprint density at radius 1 is 1.16 bits per heavy atom. The number of hydrogen-bond donors (Lipinski definition) is 1. The molecule has 0 spiro atoms. The largest absolute Gasteiger partial charge is 0.312 e. The summed E-state index contributed by atoms with van der Waals surface area (Å²) in [6.45, 7) is 8.14. The summed E-state index contributed by atoms with van der Waals surface area (Å²) in [7, 11) is 0. The Balaban J connectivity index is 1.74. The lowest BCUT2D eigenvalue weighted by atomic mass is 10.0. The van der Waals surface area contributed by atoms with Crippen LogP contribution in [0.15, 0.2) is 18.2 Å². The third-order valence-corrected chi connectivity index (χ3v) is 4.98. The van der Waals surface area contributed by atoms with Gasteiger partial charge < -0.3 is 5.32 Å². The fourth-order valence-corrected chi connectivity index (χ4v) is 3.85. The van der Waals surface area contributed by atoms with Crippen LogP contribution >= 0.6 is 0 Å². The Morgan fingerprint density at radius 3 is 2.63 bits per heavy atom. The predicted molar refractivity (Wildman–Crippen MR) is 80.4 cm³/mol. The Hall–Kier alpha value is -0.860. The highest BCUT2D eigenvalue weighted by molar-refractivity contribution is 5.33. The van der Waals surface area contributed by atoms with Crippen LogP contribution in [-0.2, 0) is 6.54 Å². The number of aryl methyl sites for hydroxylation is 2. The van der Waals surface area contributed by atoms with Crippen molar-refractivity contribution in [2.75, 3.05) is 13.1 Å². The molecule has 2 saturated heterocycles. The van der Waals surface area contributed by atoms with E-state index in [1.54, 1.807) is 5.56 Å². The third kappa shape index (κ3) is 2.70. The molecule has 1 N–H and O–H groups in total. The number of likely N-dealkylation sites (tertiary alicyclic amines) is 1. The number of nitrogens with zero attached hydrogens (tertiary/aromatic N) is 1. The van der Waals surface area contributed by atoms with Crippen LogP contribution in [-0.4, -0.2) is 30.1 Å². The molecule has 2 atom stereocenters. The summed E-state index contributed by atoms with van der Waals surface area (Å²) in [5.41, 5.74) is 4.45. The van der Waals surface area contributed by atoms with E-state index >= 15 is 0 Å². The summed E-state index contributed by atoms with van der Waals surface area (Å²) in [5, 5.41) is 3.70. The van der Waals surface area contributed by atoms with Gasteiger partial charge in [-0.05, 0) is 69.3 Å². The molecule has 2 heteroatoms. The second kappa shape index (κ2) is 5.64. The van der Waals surface area contributed by atoms with Crippen LogP contribution in [0.3, 0.4) is 0 Å². The second-order valence-electron chi connectivity index (χ2n) is 6.25. The maximum absolute atomic E-state index is 3.70. The second-order valence-corrected chi connectivity index (χ2v) is 6.25. The van der Waals surface area contributed by atoms with E-state index in [1.807, 2.05) is 0 Å². The van der Waals surface area contributed by atoms with Gasteiger partial charge in [0.15, 0.2) is 0 Å². The third-order valence-electron chi connectivity index (χ3n) is 4.98. The first kappa shape index (κ1) is 13.1. The van der Waals surface area contributed by atoms with Crippen LogP contribution < -0.4 is 5.32 Å². The molecule has 3 rings (SSSR count). The van der Waals surface area contributed by atoms with Crippen molar-refractivity contribution in [1.82, 2.24) is 10.2 Å². The molecule has 0 bridgehead atoms. The predicted octanol–water partition coefficient (Wildman–Crippen LogP) is 3.02. The molecule has 0 aromatic heterocycles. The van der Waals surface area contributed by atoms with Crippen LogP contribution in [0.5, 0.6) is 0 Å². The van der Waals surface area contributed by atoms with Crippen molar-refractivity contribution < 1.29 is 0 Å². The molecule has 1 aromatic carbocycles. The molecule has 19 heavy (non-hydrogen) atoms. The van der Waals surface area contributed by atoms with Crippen molar-refractivity contribution >= 4 is 0 Å². The van der Waals surface area contributed by atoms with E-state index in [4.69, 9.17) is 0 Å². The maximum Gasteiger partial charge on any atom is 0.0253 e. The normalized spacial score (nSPS) is 28.1. The molecular formula is C17H26N2. The molecule has 2 aliphatic rings. The van der Waals surface area contributed by atoms with E-state index in [-0.39, 0.29) is 0 Å². The Bertz CT molecular complexity index is 415. The van der Waals surface area contributed by atoms with Gasteiger partial charge in [-0.3, -0.25) is 4.90 Å². The number of nitrogens with one attached hydrogen (secondary N) is 1. The van der Waals surface area contributed by atoms with Crippen molar-refractivity contribution in [3.05, 3.63) is 34.9 Å². The minimum atomic E-state index is 0.742. The summed E-state index contributed by atoms with van der Waals surface area (Å²) in [5.74, 6) is 0. The van der Waals surface area contributed by atoms with Gasteiger partial charge in [0, 0.05) is 18.6 Å². The summed E-state index contributed by atoms with van der Waals surface area (Å²) in [6, 6.07) is 8.18. The van der Waals surface area contributed by atoms with Gasteiger partial charge in [0.25, 0.3) is 0 Å². The van der Waals surface area contributed by atoms with Crippen molar-refractivity contribution in [2.24, 2.45) is 0 Å². The van der Waals surface area contributed by atoms with Gasteiger partial charge >= 0.3 is 0 Å². The summed E-state index contributed by atoms with van der Waals surface area (Å²) < 4.78 is 0. The molecular weight excluding hydrogens is 232 g/mol. The molecule has 2 aliphatic heterocycles. The molecule has 0 aliphatic carbocycles. The smallest absolute Gasteiger partial charge is 0.0253 e. The van der Waals surface area contributed by atoms with Crippen LogP contribution in [0, 0.1) is 13.8 Å². The van der Waals surface area contributed by atoms with E-state index < -0.39 is 0 Å². The van der Waals surface area contributed by atoms with Crippen LogP contribution in [0.2, 0.25) is 0 Å². The van der Waals surface area contributed by atoms with E-state index in [0.29, 0.717) is 0 Å². The Morgan fingerprint density at radius 2 is 1.95 bits per heavy atom. The van der Waals surface area contributed by atoms with Gasteiger partial charge in [-0.25, -0.2) is 0 Å². The van der Waals surface area contributed by atoms with Gasteiger partial charge in [-0.15, -0.1) is 0 Å². The molecule has 2 nitrogen and oxygen atoms in total. The lowest BCUT2D eigenvalue weighted by molar-refractivity contribution is 0.206. The first-order valence-electron chi connectivity index (χ1n) is 7.78. The zero-order chi connectivity index (χ0) is 13.2. The first-order chi connectivity index (χ1) is 9.25. The summed E-state index contributed by atoms with van der Waals surface area (Å²) in [6.07, 6.45) is 5.47. The SMILES string of the molecule is Cc1cccc(C)c1CN1CCCC1C1CCCN1. The minimum Gasteiger partial charge on any atom is -0.312 e. The van der Waals surface area contributed by atoms with E-state index in [9.17, 15) is 0 Å². The summed E-state index contributed by atoms with van der Waals surface area (Å²) >= 11 is 0. The Kier molecular flexibility index (Phi) is 3.90. The van der Waals surface area contributed by atoms with Crippen molar-refractivity contribution in [3.63, 3.8) is 0 Å². The molecule has 2 fully saturated rings. The van der Waals surface area contributed by atoms with Gasteiger partial charge in [-0.1, -0.05) is 18.2 Å². The van der Waals surface area contributed by atoms with Gasteiger partial charge in [-0.2, -0.15) is 0 Å². The van der Waals surface area contributed by atoms with Gasteiger partial charge in [0.2, 0.25) is 0 Å². The van der Waals surface area contributed by atoms with E-state index in [1.165, 1.54) is 49.9 Å². The highest BCUT2D eigenvalue weighted by Gasteiger charge is 2.33. The van der Waals surface area contributed by atoms with E-state index in [0.717, 1.165) is 18.6 Å². The number of benzene rings is 1. The minimum absolute atomic E-state index is 0.742. The average molecular weight is 258 g/mol. The molecule has 2 unspecified atom stereocenters. The molecule has 0 amide bonds. The first-order valence-corrected chi connectivity index (χ1v) is 7.78. The number of rotatable bonds is 3. The highest BCUT2D eigenvalue weighted by Crippen LogP contribution is 2.27. The lowest BCUT2D eigenvalue weighted by Crippen LogP contribution is -2.43. The van der Waals surface area contributed by atoms with Crippen molar-refractivity contribution in [3.8, 4) is 0 Å². The molecule has 1 aromatic rings. The van der Waals surface area contributed by atoms with Crippen molar-refractivity contribution in [1.29, 1.82) is 0 Å². The molecule has 2 heterocycles. The monoisotopic (exact) mass is 258 g/mol. The lowest BCUT2D eigenvalue weighted by Gasteiger charge is -2.30. The fraction of sp³-hybridized carbons (Fsp3) is 0.647. The van der Waals surface area contributed by atoms with Crippen molar-refractivity contribution in [2.45, 2.75) is 58.2 Å². The highest BCUT2D eigenvalue weighted by atomic mass is 15.2. The maximum atomic E-state index is 3.70. The van der Waals surface area contributed by atoms with Gasteiger partial charge in [0.05, 0.1) is 0 Å². The summed E-state index contributed by atoms with van der Waals surface area (Å²) in [4.78, 5) is 2.72. The molecule has 0 radical (unpaired) electrons.